The molecule has 1 aliphatic heterocycles. The van der Waals surface area contributed by atoms with Crippen molar-refractivity contribution in [3.63, 3.8) is 0 Å². The molecule has 1 saturated heterocycles. The van der Waals surface area contributed by atoms with Crippen LogP contribution in [-0.4, -0.2) is 34.6 Å². The quantitative estimate of drug-likeness (QED) is 0.800. The van der Waals surface area contributed by atoms with E-state index >= 15 is 0 Å². The molecule has 2 heterocycles. The maximum atomic E-state index is 12.2. The van der Waals surface area contributed by atoms with E-state index in [-0.39, 0.29) is 23.6 Å². The van der Waals surface area contributed by atoms with Crippen LogP contribution in [0.4, 0.5) is 0 Å². The Balaban J connectivity index is 1.46. The molecule has 3 atom stereocenters. The Hall–Kier alpha value is -2.34. The summed E-state index contributed by atoms with van der Waals surface area (Å²) in [5, 5.41) is 15.7. The predicted molar refractivity (Wildman–Crippen MR) is 79.4 cm³/mol. The topological polar surface area (TPSA) is 87.4 Å². The summed E-state index contributed by atoms with van der Waals surface area (Å²) in [5.41, 5.74) is 0.772. The highest BCUT2D eigenvalue weighted by Crippen LogP contribution is 2.31. The van der Waals surface area contributed by atoms with Crippen LogP contribution >= 0.6 is 0 Å². The van der Waals surface area contributed by atoms with Crippen molar-refractivity contribution >= 4 is 5.91 Å². The fourth-order valence-electron chi connectivity index (χ4n) is 3.38. The van der Waals surface area contributed by atoms with Gasteiger partial charge in [0.1, 0.15) is 5.75 Å². The molecule has 1 amide bonds. The number of nitrogens with one attached hydrogen (secondary N) is 2. The van der Waals surface area contributed by atoms with Gasteiger partial charge in [0.15, 0.2) is 5.76 Å². The van der Waals surface area contributed by atoms with E-state index in [1.165, 1.54) is 6.20 Å². The summed E-state index contributed by atoms with van der Waals surface area (Å²) in [4.78, 5) is 16.3. The molecule has 22 heavy (non-hydrogen) atoms. The van der Waals surface area contributed by atoms with Gasteiger partial charge < -0.3 is 20.2 Å². The van der Waals surface area contributed by atoms with E-state index in [4.69, 9.17) is 4.42 Å². The predicted octanol–water partition coefficient (Wildman–Crippen LogP) is 1.53. The van der Waals surface area contributed by atoms with Crippen LogP contribution in [0.25, 0.3) is 11.3 Å². The van der Waals surface area contributed by atoms with Gasteiger partial charge in [-0.25, -0.2) is 4.98 Å². The minimum Gasteiger partial charge on any atom is -0.508 e. The third kappa shape index (κ3) is 2.35. The Morgan fingerprint density at radius 3 is 2.82 bits per heavy atom. The van der Waals surface area contributed by atoms with E-state index in [0.29, 0.717) is 17.7 Å². The van der Waals surface area contributed by atoms with Crippen molar-refractivity contribution in [1.82, 2.24) is 15.6 Å². The molecule has 6 nitrogen and oxygen atoms in total. The van der Waals surface area contributed by atoms with Gasteiger partial charge in [-0.1, -0.05) is 0 Å². The minimum absolute atomic E-state index is 0.0822. The van der Waals surface area contributed by atoms with Crippen molar-refractivity contribution < 1.29 is 14.3 Å². The lowest BCUT2D eigenvalue weighted by molar-refractivity contribution is 0.0890. The number of aromatic hydroxyl groups is 1. The average Bonchev–Trinajstić information content (AvgIpc) is 3.24. The van der Waals surface area contributed by atoms with Crippen LogP contribution in [0.3, 0.4) is 0 Å². The molecule has 2 aliphatic rings. The van der Waals surface area contributed by atoms with Crippen LogP contribution in [0.2, 0.25) is 0 Å². The van der Waals surface area contributed by atoms with Crippen molar-refractivity contribution in [2.75, 3.05) is 6.54 Å². The molecule has 1 aromatic heterocycles. The monoisotopic (exact) mass is 299 g/mol. The molecule has 2 bridgehead atoms. The van der Waals surface area contributed by atoms with E-state index in [0.717, 1.165) is 24.9 Å². The average molecular weight is 299 g/mol. The van der Waals surface area contributed by atoms with Gasteiger partial charge >= 0.3 is 5.91 Å². The highest BCUT2D eigenvalue weighted by Gasteiger charge is 2.40. The van der Waals surface area contributed by atoms with Crippen molar-refractivity contribution in [3.8, 4) is 17.1 Å². The zero-order chi connectivity index (χ0) is 15.1. The Morgan fingerprint density at radius 1 is 1.32 bits per heavy atom. The number of rotatable bonds is 3. The van der Waals surface area contributed by atoms with Gasteiger partial charge in [0.25, 0.3) is 5.89 Å². The summed E-state index contributed by atoms with van der Waals surface area (Å²) in [6, 6.07) is 7.33. The van der Waals surface area contributed by atoms with Crippen molar-refractivity contribution in [1.29, 1.82) is 0 Å². The molecule has 6 heteroatoms. The van der Waals surface area contributed by atoms with Gasteiger partial charge in [-0.05, 0) is 43.0 Å². The van der Waals surface area contributed by atoms with E-state index < -0.39 is 0 Å². The zero-order valence-corrected chi connectivity index (χ0v) is 12.0. The number of nitrogens with zero attached hydrogens (tertiary/aromatic N) is 1. The van der Waals surface area contributed by atoms with Gasteiger partial charge in [0.05, 0.1) is 6.20 Å². The Bertz CT molecular complexity index is 695. The molecular weight excluding hydrogens is 282 g/mol. The number of phenols is 1. The maximum Gasteiger partial charge on any atom is 0.307 e. The van der Waals surface area contributed by atoms with Crippen LogP contribution in [0.5, 0.6) is 5.75 Å². The first kappa shape index (κ1) is 13.3. The normalized spacial score (nSPS) is 26.3. The first-order valence-corrected chi connectivity index (χ1v) is 7.48. The van der Waals surface area contributed by atoms with Crippen molar-refractivity contribution in [3.05, 3.63) is 36.4 Å². The van der Waals surface area contributed by atoms with E-state index in [1.807, 2.05) is 0 Å². The SMILES string of the molecule is O=C(NC1CC2CC1CN2)c1ncc(-c2ccc(O)cc2)o1. The number of phenolic OH excluding ortho intramolecular Hbond substituents is 1. The molecule has 0 radical (unpaired) electrons. The summed E-state index contributed by atoms with van der Waals surface area (Å²) in [7, 11) is 0. The highest BCUT2D eigenvalue weighted by atomic mass is 16.4. The molecular formula is C16H17N3O3. The third-order valence-electron chi connectivity index (χ3n) is 4.53. The van der Waals surface area contributed by atoms with E-state index in [9.17, 15) is 9.90 Å². The second-order valence-electron chi connectivity index (χ2n) is 5.99. The van der Waals surface area contributed by atoms with Crippen molar-refractivity contribution in [2.24, 2.45) is 5.92 Å². The molecule has 4 rings (SSSR count). The second-order valence-corrected chi connectivity index (χ2v) is 5.99. The summed E-state index contributed by atoms with van der Waals surface area (Å²) in [6.45, 7) is 0.972. The molecule has 114 valence electrons. The van der Waals surface area contributed by atoms with E-state index in [1.54, 1.807) is 24.3 Å². The summed E-state index contributed by atoms with van der Waals surface area (Å²) >= 11 is 0. The number of piperidine rings is 1. The zero-order valence-electron chi connectivity index (χ0n) is 12.0. The van der Waals surface area contributed by atoms with Gasteiger partial charge in [0.2, 0.25) is 0 Å². The van der Waals surface area contributed by atoms with Gasteiger partial charge in [-0.15, -0.1) is 0 Å². The molecule has 3 N–H and O–H groups in total. The van der Waals surface area contributed by atoms with Crippen LogP contribution < -0.4 is 10.6 Å². The number of hydrogen-bond acceptors (Lipinski definition) is 5. The van der Waals surface area contributed by atoms with E-state index in [2.05, 4.69) is 15.6 Å². The lowest BCUT2D eigenvalue weighted by Gasteiger charge is -2.22. The summed E-state index contributed by atoms with van der Waals surface area (Å²) in [5.74, 6) is 1.03. The van der Waals surface area contributed by atoms with Gasteiger partial charge in [-0.2, -0.15) is 0 Å². The van der Waals surface area contributed by atoms with Crippen LogP contribution in [0, 0.1) is 5.92 Å². The molecule has 1 aromatic carbocycles. The Labute approximate surface area is 127 Å². The number of amides is 1. The number of oxazole rings is 1. The maximum absolute atomic E-state index is 12.2. The Morgan fingerprint density at radius 2 is 2.14 bits per heavy atom. The van der Waals surface area contributed by atoms with Gasteiger partial charge in [0, 0.05) is 24.2 Å². The fourth-order valence-corrected chi connectivity index (χ4v) is 3.38. The third-order valence-corrected chi connectivity index (χ3v) is 4.53. The summed E-state index contributed by atoms with van der Waals surface area (Å²) < 4.78 is 5.54. The number of hydrogen-bond donors (Lipinski definition) is 3. The first-order chi connectivity index (χ1) is 10.7. The number of fused-ring (bicyclic) bond motifs is 2. The minimum atomic E-state index is -0.262. The lowest BCUT2D eigenvalue weighted by atomic mass is 10.0. The van der Waals surface area contributed by atoms with Gasteiger partial charge in [-0.3, -0.25) is 4.79 Å². The standard InChI is InChI=1S/C16H17N3O3/c20-12-3-1-9(2-4-12)14-8-18-16(22-14)15(21)19-13-6-11-5-10(13)7-17-11/h1-4,8,10-11,13,17,20H,5-7H2,(H,19,21). The molecule has 2 fully saturated rings. The van der Waals surface area contributed by atoms with Crippen LogP contribution in [0.15, 0.2) is 34.9 Å². The fraction of sp³-hybridized carbons (Fsp3) is 0.375. The number of carbonyl (C=O) groups excluding carboxylic acids is 1. The van der Waals surface area contributed by atoms with Crippen LogP contribution in [0.1, 0.15) is 23.5 Å². The molecule has 0 spiro atoms. The molecule has 1 aliphatic carbocycles. The second kappa shape index (κ2) is 5.14. The number of benzene rings is 1. The largest absolute Gasteiger partial charge is 0.508 e. The Kier molecular flexibility index (Phi) is 3.11. The number of carbonyl (C=O) groups is 1. The van der Waals surface area contributed by atoms with Crippen molar-refractivity contribution in [2.45, 2.75) is 24.9 Å². The molecule has 3 unspecified atom stereocenters. The first-order valence-electron chi connectivity index (χ1n) is 7.48. The lowest BCUT2D eigenvalue weighted by Crippen LogP contribution is -2.44. The van der Waals surface area contributed by atoms with Crippen LogP contribution in [-0.2, 0) is 0 Å². The highest BCUT2D eigenvalue weighted by molar-refractivity contribution is 5.90. The molecule has 1 saturated carbocycles. The number of aromatic nitrogens is 1. The molecule has 2 aromatic rings. The smallest absolute Gasteiger partial charge is 0.307 e. The summed E-state index contributed by atoms with van der Waals surface area (Å²) in [6.07, 6.45) is 3.64.